The van der Waals surface area contributed by atoms with Gasteiger partial charge in [-0.3, -0.25) is 9.59 Å². The molecule has 0 unspecified atom stereocenters. The van der Waals surface area contributed by atoms with Crippen LogP contribution >= 0.6 is 35.0 Å². The van der Waals surface area contributed by atoms with Gasteiger partial charge >= 0.3 is 0 Å². The van der Waals surface area contributed by atoms with Gasteiger partial charge < -0.3 is 5.11 Å². The van der Waals surface area contributed by atoms with Crippen LogP contribution in [0.3, 0.4) is 0 Å². The first-order valence-corrected chi connectivity index (χ1v) is 8.05. The lowest BCUT2D eigenvalue weighted by molar-refractivity contribution is -0.113. The Labute approximate surface area is 146 Å². The Morgan fingerprint density at radius 3 is 2.52 bits per heavy atom. The molecule has 1 saturated heterocycles. The van der Waals surface area contributed by atoms with Crippen molar-refractivity contribution >= 4 is 57.9 Å². The molecule has 0 aliphatic carbocycles. The van der Waals surface area contributed by atoms with Crippen LogP contribution in [0.4, 0.5) is 10.5 Å². The van der Waals surface area contributed by atoms with Gasteiger partial charge in [0, 0.05) is 15.6 Å². The van der Waals surface area contributed by atoms with Crippen molar-refractivity contribution in [3.8, 4) is 5.75 Å². The fourth-order valence-corrected chi connectivity index (χ4v) is 3.29. The van der Waals surface area contributed by atoms with Crippen LogP contribution in [-0.2, 0) is 4.79 Å². The summed E-state index contributed by atoms with van der Waals surface area (Å²) in [5.41, 5.74) is 0.771. The second-order valence-corrected chi connectivity index (χ2v) is 6.57. The Balaban J connectivity index is 1.98. The maximum Gasteiger partial charge on any atom is 0.298 e. The van der Waals surface area contributed by atoms with Gasteiger partial charge in [-0.05, 0) is 54.2 Å². The first-order valence-electron chi connectivity index (χ1n) is 6.48. The zero-order valence-corrected chi connectivity index (χ0v) is 13.8. The van der Waals surface area contributed by atoms with Crippen molar-refractivity contribution < 1.29 is 14.7 Å². The number of carbonyl (C=O) groups excluding carboxylic acids is 2. The molecule has 0 radical (unpaired) electrons. The maximum atomic E-state index is 12.5. The molecule has 0 bridgehead atoms. The number of imide groups is 1. The maximum absolute atomic E-state index is 12.5. The Morgan fingerprint density at radius 1 is 1.04 bits per heavy atom. The SMILES string of the molecule is O=C1S/C(=C\c2cc(Cl)ccc2O)C(=O)N1c1cccc(Cl)c1. The number of rotatable bonds is 2. The van der Waals surface area contributed by atoms with E-state index in [1.807, 2.05) is 0 Å². The fourth-order valence-electron chi connectivity index (χ4n) is 2.09. The van der Waals surface area contributed by atoms with E-state index in [9.17, 15) is 14.7 Å². The van der Waals surface area contributed by atoms with Crippen LogP contribution in [0.15, 0.2) is 47.4 Å². The molecule has 0 saturated carbocycles. The van der Waals surface area contributed by atoms with Crippen molar-refractivity contribution in [2.45, 2.75) is 0 Å². The van der Waals surface area contributed by atoms with E-state index in [2.05, 4.69) is 0 Å². The van der Waals surface area contributed by atoms with Gasteiger partial charge in [-0.1, -0.05) is 29.3 Å². The highest BCUT2D eigenvalue weighted by atomic mass is 35.5. The van der Waals surface area contributed by atoms with Gasteiger partial charge in [-0.25, -0.2) is 4.90 Å². The molecule has 116 valence electrons. The van der Waals surface area contributed by atoms with Crippen molar-refractivity contribution in [3.63, 3.8) is 0 Å². The zero-order valence-electron chi connectivity index (χ0n) is 11.5. The van der Waals surface area contributed by atoms with Crippen molar-refractivity contribution in [2.24, 2.45) is 0 Å². The molecule has 7 heteroatoms. The van der Waals surface area contributed by atoms with Gasteiger partial charge in [0.15, 0.2) is 0 Å². The van der Waals surface area contributed by atoms with Gasteiger partial charge in [0.25, 0.3) is 11.1 Å². The number of halogens is 2. The Kier molecular flexibility index (Phi) is 4.35. The van der Waals surface area contributed by atoms with Crippen molar-refractivity contribution in [1.82, 2.24) is 0 Å². The van der Waals surface area contributed by atoms with Crippen LogP contribution in [0, 0.1) is 0 Å². The first-order chi connectivity index (χ1) is 11.0. The quantitative estimate of drug-likeness (QED) is 0.765. The molecule has 1 fully saturated rings. The largest absolute Gasteiger partial charge is 0.507 e. The molecule has 2 aromatic carbocycles. The predicted octanol–water partition coefficient (Wildman–Crippen LogP) is 4.94. The number of aromatic hydroxyl groups is 1. The van der Waals surface area contributed by atoms with Crippen LogP contribution in [-0.4, -0.2) is 16.3 Å². The molecule has 23 heavy (non-hydrogen) atoms. The molecule has 1 N–H and O–H groups in total. The van der Waals surface area contributed by atoms with E-state index >= 15 is 0 Å². The summed E-state index contributed by atoms with van der Waals surface area (Å²) in [4.78, 5) is 25.9. The molecule has 0 aromatic heterocycles. The fraction of sp³-hybridized carbons (Fsp3) is 0. The number of hydrogen-bond donors (Lipinski definition) is 1. The number of nitrogens with zero attached hydrogens (tertiary/aromatic N) is 1. The summed E-state index contributed by atoms with van der Waals surface area (Å²) in [6, 6.07) is 11.0. The summed E-state index contributed by atoms with van der Waals surface area (Å²) in [5.74, 6) is -0.495. The Bertz CT molecular complexity index is 851. The number of thioether (sulfide) groups is 1. The molecule has 1 heterocycles. The molecule has 0 atom stereocenters. The Morgan fingerprint density at radius 2 is 1.78 bits per heavy atom. The number of hydrogen-bond acceptors (Lipinski definition) is 4. The lowest BCUT2D eigenvalue weighted by Crippen LogP contribution is -2.27. The summed E-state index contributed by atoms with van der Waals surface area (Å²) < 4.78 is 0. The van der Waals surface area contributed by atoms with Gasteiger partial charge in [-0.2, -0.15) is 0 Å². The minimum atomic E-state index is -0.471. The number of carbonyl (C=O) groups is 2. The van der Waals surface area contributed by atoms with E-state index in [-0.39, 0.29) is 10.7 Å². The number of phenolic OH excluding ortho intramolecular Hbond substituents is 1. The van der Waals surface area contributed by atoms with Crippen molar-refractivity contribution in [3.05, 3.63) is 63.0 Å². The van der Waals surface area contributed by atoms with Crippen LogP contribution in [0.1, 0.15) is 5.56 Å². The average molecular weight is 366 g/mol. The third kappa shape index (κ3) is 3.22. The predicted molar refractivity (Wildman–Crippen MR) is 93.0 cm³/mol. The smallest absolute Gasteiger partial charge is 0.298 e. The summed E-state index contributed by atoms with van der Waals surface area (Å²) in [5, 5.41) is 10.2. The third-order valence-corrected chi connectivity index (χ3v) is 4.48. The molecule has 1 aliphatic rings. The van der Waals surface area contributed by atoms with Gasteiger partial charge in [0.2, 0.25) is 0 Å². The van der Waals surface area contributed by atoms with E-state index < -0.39 is 11.1 Å². The van der Waals surface area contributed by atoms with Crippen molar-refractivity contribution in [1.29, 1.82) is 0 Å². The highest BCUT2D eigenvalue weighted by Gasteiger charge is 2.36. The van der Waals surface area contributed by atoms with Crippen LogP contribution in [0.5, 0.6) is 5.75 Å². The average Bonchev–Trinajstić information content (AvgIpc) is 2.77. The monoisotopic (exact) mass is 365 g/mol. The zero-order chi connectivity index (χ0) is 16.6. The summed E-state index contributed by atoms with van der Waals surface area (Å²) in [7, 11) is 0. The molecule has 1 aliphatic heterocycles. The number of anilines is 1. The van der Waals surface area contributed by atoms with Crippen LogP contribution in [0.25, 0.3) is 6.08 Å². The molecule has 4 nitrogen and oxygen atoms in total. The normalized spacial score (nSPS) is 16.4. The second-order valence-electron chi connectivity index (χ2n) is 4.70. The van der Waals surface area contributed by atoms with Crippen molar-refractivity contribution in [2.75, 3.05) is 4.90 Å². The third-order valence-electron chi connectivity index (χ3n) is 3.14. The van der Waals surface area contributed by atoms with E-state index in [4.69, 9.17) is 23.2 Å². The van der Waals surface area contributed by atoms with Gasteiger partial charge in [-0.15, -0.1) is 0 Å². The second kappa shape index (κ2) is 6.28. The summed E-state index contributed by atoms with van der Waals surface area (Å²) in [6.07, 6.45) is 1.44. The highest BCUT2D eigenvalue weighted by Crippen LogP contribution is 2.37. The van der Waals surface area contributed by atoms with Crippen LogP contribution < -0.4 is 4.90 Å². The first kappa shape index (κ1) is 15.9. The molecular weight excluding hydrogens is 357 g/mol. The highest BCUT2D eigenvalue weighted by molar-refractivity contribution is 8.19. The minimum Gasteiger partial charge on any atom is -0.507 e. The van der Waals surface area contributed by atoms with Gasteiger partial charge in [0.1, 0.15) is 5.75 Å². The van der Waals surface area contributed by atoms with E-state index in [0.717, 1.165) is 16.7 Å². The minimum absolute atomic E-state index is 0.0241. The molecule has 3 rings (SSSR count). The number of phenols is 1. The summed E-state index contributed by atoms with van der Waals surface area (Å²) >= 11 is 12.6. The number of benzene rings is 2. The standard InChI is InChI=1S/C16H9Cl2NO3S/c17-10-2-1-3-12(8-10)19-15(21)14(23-16(19)22)7-9-6-11(18)4-5-13(9)20/h1-8,20H/b14-7-. The molecular formula is C16H9Cl2NO3S. The van der Waals surface area contributed by atoms with E-state index in [1.54, 1.807) is 18.2 Å². The number of amides is 2. The summed E-state index contributed by atoms with van der Waals surface area (Å²) in [6.45, 7) is 0. The molecule has 2 aromatic rings. The van der Waals surface area contributed by atoms with Gasteiger partial charge in [0.05, 0.1) is 10.6 Å². The lowest BCUT2D eigenvalue weighted by atomic mass is 10.2. The lowest BCUT2D eigenvalue weighted by Gasteiger charge is -2.12. The topological polar surface area (TPSA) is 57.6 Å². The van der Waals surface area contributed by atoms with E-state index in [0.29, 0.717) is 21.3 Å². The molecule has 0 spiro atoms. The van der Waals surface area contributed by atoms with Crippen LogP contribution in [0.2, 0.25) is 10.0 Å². The Hall–Kier alpha value is -1.95. The molecule has 2 amide bonds. The van der Waals surface area contributed by atoms with E-state index in [1.165, 1.54) is 30.3 Å².